The zero-order valence-electron chi connectivity index (χ0n) is 11.2. The number of carboxylic acids is 2. The number of hydrogen-bond acceptors (Lipinski definition) is 4. The van der Waals surface area contributed by atoms with Gasteiger partial charge in [0.1, 0.15) is 11.6 Å². The molecule has 7 nitrogen and oxygen atoms in total. The molecule has 21 heavy (non-hydrogen) atoms. The molecule has 0 saturated heterocycles. The third kappa shape index (κ3) is 2.31. The molecule has 2 aromatic heterocycles. The van der Waals surface area contributed by atoms with E-state index in [2.05, 4.69) is 4.98 Å². The molecule has 2 aromatic rings. The van der Waals surface area contributed by atoms with Gasteiger partial charge in [0.25, 0.3) is 0 Å². The zero-order valence-corrected chi connectivity index (χ0v) is 11.2. The minimum atomic E-state index is -1.20. The summed E-state index contributed by atoms with van der Waals surface area (Å²) in [6.45, 7) is 0.579. The molecule has 0 aliphatic carbocycles. The van der Waals surface area contributed by atoms with Crippen molar-refractivity contribution in [2.45, 2.75) is 31.7 Å². The number of carbonyl (C=O) groups is 2. The van der Waals surface area contributed by atoms with Crippen LogP contribution in [0.1, 0.15) is 46.5 Å². The van der Waals surface area contributed by atoms with E-state index in [0.29, 0.717) is 43.1 Å². The molecular formula is C14H14N2O5. The molecule has 2 N–H and O–H groups in total. The summed E-state index contributed by atoms with van der Waals surface area (Å²) in [5, 5.41) is 18.6. The molecule has 0 aromatic carbocycles. The standard InChI is InChI=1S/C14H14N2O5/c17-13(18)9-4-1-5-16-10(7-8-3-2-6-21-8)15-11(12(9)16)14(19)20/h2-3,6,9H,1,4-5,7H2,(H,17,18)(H,19,20). The number of carboxylic acid groups (broad SMARTS) is 2. The van der Waals surface area contributed by atoms with E-state index in [4.69, 9.17) is 4.42 Å². The van der Waals surface area contributed by atoms with Gasteiger partial charge >= 0.3 is 11.9 Å². The van der Waals surface area contributed by atoms with Crippen LogP contribution in [0.15, 0.2) is 22.8 Å². The number of fused-ring (bicyclic) bond motifs is 1. The Balaban J connectivity index is 2.09. The second-order valence-corrected chi connectivity index (χ2v) is 5.01. The highest BCUT2D eigenvalue weighted by Gasteiger charge is 2.34. The van der Waals surface area contributed by atoms with Crippen LogP contribution in [0.5, 0.6) is 0 Å². The number of aromatic nitrogens is 2. The minimum Gasteiger partial charge on any atom is -0.481 e. The number of aromatic carboxylic acids is 1. The first-order chi connectivity index (χ1) is 10.1. The highest BCUT2D eigenvalue weighted by molar-refractivity contribution is 5.90. The number of furan rings is 1. The van der Waals surface area contributed by atoms with E-state index >= 15 is 0 Å². The van der Waals surface area contributed by atoms with Gasteiger partial charge in [-0.3, -0.25) is 4.79 Å². The maximum absolute atomic E-state index is 11.4. The van der Waals surface area contributed by atoms with E-state index in [1.54, 1.807) is 16.7 Å². The van der Waals surface area contributed by atoms with Crippen molar-refractivity contribution in [3.63, 3.8) is 0 Å². The Morgan fingerprint density at radius 3 is 2.86 bits per heavy atom. The van der Waals surface area contributed by atoms with Crippen LogP contribution in [0, 0.1) is 0 Å². The average Bonchev–Trinajstić information content (AvgIpc) is 3.07. The Bertz CT molecular complexity index is 687. The van der Waals surface area contributed by atoms with Crippen molar-refractivity contribution in [3.8, 4) is 0 Å². The SMILES string of the molecule is O=C(O)c1nc(Cc2ccco2)n2c1C(C(=O)O)CCC2. The molecule has 0 radical (unpaired) electrons. The molecule has 0 spiro atoms. The summed E-state index contributed by atoms with van der Waals surface area (Å²) in [7, 11) is 0. The number of nitrogens with zero attached hydrogens (tertiary/aromatic N) is 2. The van der Waals surface area contributed by atoms with E-state index in [1.807, 2.05) is 0 Å². The van der Waals surface area contributed by atoms with Crippen molar-refractivity contribution < 1.29 is 24.2 Å². The molecule has 1 unspecified atom stereocenters. The van der Waals surface area contributed by atoms with Crippen LogP contribution in [0.4, 0.5) is 0 Å². The van der Waals surface area contributed by atoms with Gasteiger partial charge in [0.15, 0.2) is 5.69 Å². The lowest BCUT2D eigenvalue weighted by Gasteiger charge is -2.22. The third-order valence-electron chi connectivity index (χ3n) is 3.70. The van der Waals surface area contributed by atoms with Gasteiger partial charge in [0, 0.05) is 6.54 Å². The van der Waals surface area contributed by atoms with Gasteiger partial charge < -0.3 is 19.2 Å². The predicted octanol–water partition coefficient (Wildman–Crippen LogP) is 1.73. The summed E-state index contributed by atoms with van der Waals surface area (Å²) in [5.41, 5.74) is 0.131. The molecular weight excluding hydrogens is 276 g/mol. The van der Waals surface area contributed by atoms with Crippen LogP contribution in [0.3, 0.4) is 0 Å². The van der Waals surface area contributed by atoms with E-state index in [0.717, 1.165) is 0 Å². The Hall–Kier alpha value is -2.57. The summed E-state index contributed by atoms with van der Waals surface area (Å²) in [5.74, 6) is -1.83. The van der Waals surface area contributed by atoms with Crippen LogP contribution >= 0.6 is 0 Å². The smallest absolute Gasteiger partial charge is 0.356 e. The highest BCUT2D eigenvalue weighted by atomic mass is 16.4. The second-order valence-electron chi connectivity index (χ2n) is 5.01. The molecule has 0 saturated carbocycles. The fourth-order valence-corrected chi connectivity index (χ4v) is 2.81. The van der Waals surface area contributed by atoms with Crippen molar-refractivity contribution >= 4 is 11.9 Å². The lowest BCUT2D eigenvalue weighted by molar-refractivity contribution is -0.139. The maximum atomic E-state index is 11.4. The number of rotatable bonds is 4. The van der Waals surface area contributed by atoms with Gasteiger partial charge in [-0.05, 0) is 25.0 Å². The van der Waals surface area contributed by atoms with Crippen molar-refractivity contribution in [1.29, 1.82) is 0 Å². The van der Waals surface area contributed by atoms with Gasteiger partial charge in [-0.15, -0.1) is 0 Å². The molecule has 7 heteroatoms. The Morgan fingerprint density at radius 1 is 1.43 bits per heavy atom. The first kappa shape index (κ1) is 13.4. The van der Waals surface area contributed by atoms with Crippen LogP contribution in [0.2, 0.25) is 0 Å². The van der Waals surface area contributed by atoms with Crippen molar-refractivity contribution in [2.75, 3.05) is 0 Å². The molecule has 0 bridgehead atoms. The van der Waals surface area contributed by atoms with Gasteiger partial charge in [0.05, 0.1) is 24.3 Å². The summed E-state index contributed by atoms with van der Waals surface area (Å²) in [6.07, 6.45) is 3.00. The van der Waals surface area contributed by atoms with Crippen molar-refractivity contribution in [1.82, 2.24) is 9.55 Å². The Morgan fingerprint density at radius 2 is 2.24 bits per heavy atom. The zero-order chi connectivity index (χ0) is 15.0. The van der Waals surface area contributed by atoms with E-state index in [9.17, 15) is 19.8 Å². The van der Waals surface area contributed by atoms with Gasteiger partial charge in [0.2, 0.25) is 0 Å². The van der Waals surface area contributed by atoms with Crippen LogP contribution in [-0.2, 0) is 17.8 Å². The number of imidazole rings is 1. The van der Waals surface area contributed by atoms with Crippen LogP contribution < -0.4 is 0 Å². The summed E-state index contributed by atoms with van der Waals surface area (Å²) in [4.78, 5) is 26.9. The molecule has 0 amide bonds. The highest BCUT2D eigenvalue weighted by Crippen LogP contribution is 2.32. The second kappa shape index (κ2) is 5.08. The fraction of sp³-hybridized carbons (Fsp3) is 0.357. The predicted molar refractivity (Wildman–Crippen MR) is 70.3 cm³/mol. The minimum absolute atomic E-state index is 0.163. The molecule has 3 rings (SSSR count). The third-order valence-corrected chi connectivity index (χ3v) is 3.70. The van der Waals surface area contributed by atoms with E-state index in [1.165, 1.54) is 6.26 Å². The topological polar surface area (TPSA) is 106 Å². The number of aliphatic carboxylic acids is 1. The van der Waals surface area contributed by atoms with Crippen molar-refractivity contribution in [2.24, 2.45) is 0 Å². The lowest BCUT2D eigenvalue weighted by Crippen LogP contribution is -2.24. The molecule has 3 heterocycles. The Labute approximate surface area is 119 Å². The van der Waals surface area contributed by atoms with E-state index in [-0.39, 0.29) is 5.69 Å². The molecule has 1 aliphatic rings. The summed E-state index contributed by atoms with van der Waals surface area (Å²) in [6, 6.07) is 3.52. The van der Waals surface area contributed by atoms with Gasteiger partial charge in [-0.2, -0.15) is 0 Å². The Kier molecular flexibility index (Phi) is 3.25. The summed E-state index contributed by atoms with van der Waals surface area (Å²) >= 11 is 0. The number of hydrogen-bond donors (Lipinski definition) is 2. The largest absolute Gasteiger partial charge is 0.481 e. The van der Waals surface area contributed by atoms with Gasteiger partial charge in [-0.25, -0.2) is 9.78 Å². The molecule has 1 aliphatic heterocycles. The quantitative estimate of drug-likeness (QED) is 0.888. The molecule has 110 valence electrons. The first-order valence-corrected chi connectivity index (χ1v) is 6.65. The first-order valence-electron chi connectivity index (χ1n) is 6.65. The van der Waals surface area contributed by atoms with Crippen LogP contribution in [-0.4, -0.2) is 31.7 Å². The van der Waals surface area contributed by atoms with E-state index < -0.39 is 17.9 Å². The average molecular weight is 290 g/mol. The van der Waals surface area contributed by atoms with Crippen LogP contribution in [0.25, 0.3) is 0 Å². The monoisotopic (exact) mass is 290 g/mol. The molecule has 1 atom stereocenters. The fourth-order valence-electron chi connectivity index (χ4n) is 2.81. The summed E-state index contributed by atoms with van der Waals surface area (Å²) < 4.78 is 6.97. The van der Waals surface area contributed by atoms with Crippen molar-refractivity contribution in [3.05, 3.63) is 41.4 Å². The lowest BCUT2D eigenvalue weighted by atomic mass is 9.94. The van der Waals surface area contributed by atoms with Gasteiger partial charge in [-0.1, -0.05) is 0 Å². The molecule has 0 fully saturated rings. The normalized spacial score (nSPS) is 17.4. The maximum Gasteiger partial charge on any atom is 0.356 e.